The molecule has 1 amide bonds. The highest BCUT2D eigenvalue weighted by molar-refractivity contribution is 6.32. The molecule has 0 saturated carbocycles. The summed E-state index contributed by atoms with van der Waals surface area (Å²) in [6.07, 6.45) is 0. The van der Waals surface area contributed by atoms with Gasteiger partial charge in [-0.1, -0.05) is 23.7 Å². The third-order valence-corrected chi connectivity index (χ3v) is 3.78. The van der Waals surface area contributed by atoms with Crippen LogP contribution in [0.5, 0.6) is 11.5 Å². The van der Waals surface area contributed by atoms with Gasteiger partial charge in [0.05, 0.1) is 17.1 Å². The maximum Gasteiger partial charge on any atom is 0.325 e. The van der Waals surface area contributed by atoms with Crippen molar-refractivity contribution in [2.24, 2.45) is 0 Å². The summed E-state index contributed by atoms with van der Waals surface area (Å²) in [6, 6.07) is 10.6. The summed E-state index contributed by atoms with van der Waals surface area (Å²) in [4.78, 5) is 34.1. The SMILES string of the molecule is COc1ccc(C(=O)NCC(=O)OCCOc2ccccc2Cl)cc1[N+](=O)[O-]. The molecule has 0 aliphatic carbocycles. The quantitative estimate of drug-likeness (QED) is 0.293. The van der Waals surface area contributed by atoms with Gasteiger partial charge in [-0.2, -0.15) is 0 Å². The van der Waals surface area contributed by atoms with Crippen molar-refractivity contribution in [3.8, 4) is 11.5 Å². The number of halogens is 1. The van der Waals surface area contributed by atoms with Gasteiger partial charge in [-0.25, -0.2) is 0 Å². The lowest BCUT2D eigenvalue weighted by atomic mass is 10.1. The summed E-state index contributed by atoms with van der Waals surface area (Å²) >= 11 is 5.93. The normalized spacial score (nSPS) is 10.1. The number of benzene rings is 2. The van der Waals surface area contributed by atoms with Crippen LogP contribution in [0.25, 0.3) is 0 Å². The highest BCUT2D eigenvalue weighted by Crippen LogP contribution is 2.27. The number of nitro groups is 1. The Kier molecular flexibility index (Phi) is 7.58. The Morgan fingerprint density at radius 2 is 1.89 bits per heavy atom. The molecule has 0 heterocycles. The minimum atomic E-state index is -0.681. The number of rotatable bonds is 9. The van der Waals surface area contributed by atoms with E-state index in [1.54, 1.807) is 24.3 Å². The molecule has 1 N–H and O–H groups in total. The lowest BCUT2D eigenvalue weighted by molar-refractivity contribution is -0.385. The maximum absolute atomic E-state index is 12.1. The molecule has 0 unspecified atom stereocenters. The van der Waals surface area contributed by atoms with Gasteiger partial charge in [0, 0.05) is 11.6 Å². The fourth-order valence-corrected chi connectivity index (χ4v) is 2.34. The Morgan fingerprint density at radius 3 is 2.57 bits per heavy atom. The average Bonchev–Trinajstić information content (AvgIpc) is 2.70. The first-order valence-electron chi connectivity index (χ1n) is 8.06. The van der Waals surface area contributed by atoms with Crippen molar-refractivity contribution in [1.29, 1.82) is 0 Å². The number of hydrogen-bond acceptors (Lipinski definition) is 7. The standard InChI is InChI=1S/C18H17ClN2O7/c1-26-16-7-6-12(10-14(16)21(24)25)18(23)20-11-17(22)28-9-8-27-15-5-3-2-4-13(15)19/h2-7,10H,8-9,11H2,1H3,(H,20,23). The van der Waals surface area contributed by atoms with Crippen LogP contribution in [0.15, 0.2) is 42.5 Å². The largest absolute Gasteiger partial charge is 0.490 e. The molecule has 10 heteroatoms. The van der Waals surface area contributed by atoms with E-state index in [1.807, 2.05) is 0 Å². The van der Waals surface area contributed by atoms with Crippen LogP contribution in [0.2, 0.25) is 5.02 Å². The number of carbonyl (C=O) groups excluding carboxylic acids is 2. The average molecular weight is 409 g/mol. The smallest absolute Gasteiger partial charge is 0.325 e. The second kappa shape index (κ2) is 10.1. The molecule has 0 radical (unpaired) electrons. The molecule has 0 atom stereocenters. The van der Waals surface area contributed by atoms with E-state index in [2.05, 4.69) is 5.32 Å². The summed E-state index contributed by atoms with van der Waals surface area (Å²) in [5, 5.41) is 13.8. The van der Waals surface area contributed by atoms with Gasteiger partial charge in [0.25, 0.3) is 5.91 Å². The van der Waals surface area contributed by atoms with Crippen molar-refractivity contribution >= 4 is 29.2 Å². The minimum absolute atomic E-state index is 0.0161. The Labute approximate surface area is 165 Å². The summed E-state index contributed by atoms with van der Waals surface area (Å²) in [6.45, 7) is -0.340. The zero-order valence-corrected chi connectivity index (χ0v) is 15.6. The molecule has 9 nitrogen and oxygen atoms in total. The van der Waals surface area contributed by atoms with E-state index in [-0.39, 0.29) is 30.2 Å². The van der Waals surface area contributed by atoms with Crippen LogP contribution in [0.4, 0.5) is 5.69 Å². The van der Waals surface area contributed by atoms with Gasteiger partial charge in [0.15, 0.2) is 5.75 Å². The molecule has 0 aliphatic heterocycles. The summed E-state index contributed by atoms with van der Waals surface area (Å²) in [5.41, 5.74) is -0.336. The molecule has 0 aromatic heterocycles. The van der Waals surface area contributed by atoms with Gasteiger partial charge in [-0.3, -0.25) is 19.7 Å². The van der Waals surface area contributed by atoms with Gasteiger partial charge in [0.1, 0.15) is 25.5 Å². The van der Waals surface area contributed by atoms with Gasteiger partial charge in [-0.05, 0) is 24.3 Å². The molecule has 148 valence electrons. The van der Waals surface area contributed by atoms with Crippen LogP contribution in [-0.4, -0.2) is 43.7 Å². The summed E-state index contributed by atoms with van der Waals surface area (Å²) < 4.78 is 15.2. The van der Waals surface area contributed by atoms with E-state index in [1.165, 1.54) is 19.2 Å². The monoisotopic (exact) mass is 408 g/mol. The molecule has 0 bridgehead atoms. The number of carbonyl (C=O) groups is 2. The molecule has 0 fully saturated rings. The first-order valence-corrected chi connectivity index (χ1v) is 8.43. The van der Waals surface area contributed by atoms with Gasteiger partial charge in [-0.15, -0.1) is 0 Å². The number of hydrogen-bond donors (Lipinski definition) is 1. The minimum Gasteiger partial charge on any atom is -0.490 e. The molecule has 0 saturated heterocycles. The van der Waals surface area contributed by atoms with Crippen LogP contribution in [0.3, 0.4) is 0 Å². The van der Waals surface area contributed by atoms with E-state index < -0.39 is 23.3 Å². The number of nitrogens with zero attached hydrogens (tertiary/aromatic N) is 1. The van der Waals surface area contributed by atoms with Crippen molar-refractivity contribution < 1.29 is 28.7 Å². The number of amides is 1. The zero-order chi connectivity index (χ0) is 20.5. The van der Waals surface area contributed by atoms with Crippen LogP contribution in [0, 0.1) is 10.1 Å². The fourth-order valence-electron chi connectivity index (χ4n) is 2.15. The Bertz CT molecular complexity index is 873. The molecule has 28 heavy (non-hydrogen) atoms. The third-order valence-electron chi connectivity index (χ3n) is 3.47. The number of methoxy groups -OCH3 is 1. The van der Waals surface area contributed by atoms with Crippen LogP contribution in [-0.2, 0) is 9.53 Å². The van der Waals surface area contributed by atoms with Crippen molar-refractivity contribution in [2.45, 2.75) is 0 Å². The summed E-state index contributed by atoms with van der Waals surface area (Å²) in [5.74, 6) is -0.844. The Hall–Kier alpha value is -3.33. The first kappa shape index (κ1) is 21.0. The highest BCUT2D eigenvalue weighted by Gasteiger charge is 2.18. The molecule has 2 rings (SSSR count). The number of esters is 1. The van der Waals surface area contributed by atoms with E-state index in [4.69, 9.17) is 25.8 Å². The van der Waals surface area contributed by atoms with Crippen molar-refractivity contribution in [3.63, 3.8) is 0 Å². The van der Waals surface area contributed by atoms with E-state index in [0.717, 1.165) is 6.07 Å². The molecule has 0 spiro atoms. The van der Waals surface area contributed by atoms with Crippen LogP contribution >= 0.6 is 11.6 Å². The number of para-hydroxylation sites is 1. The van der Waals surface area contributed by atoms with Crippen LogP contribution in [0.1, 0.15) is 10.4 Å². The van der Waals surface area contributed by atoms with Crippen molar-refractivity contribution in [2.75, 3.05) is 26.9 Å². The number of nitrogens with one attached hydrogen (secondary N) is 1. The third kappa shape index (κ3) is 5.85. The Morgan fingerprint density at radius 1 is 1.14 bits per heavy atom. The number of nitro benzene ring substituents is 1. The van der Waals surface area contributed by atoms with Crippen molar-refractivity contribution in [1.82, 2.24) is 5.32 Å². The van der Waals surface area contributed by atoms with Gasteiger partial charge >= 0.3 is 11.7 Å². The second-order valence-electron chi connectivity index (χ2n) is 5.33. The van der Waals surface area contributed by atoms with Crippen molar-refractivity contribution in [3.05, 3.63) is 63.2 Å². The molecular formula is C18H17ClN2O7. The zero-order valence-electron chi connectivity index (χ0n) is 14.8. The highest BCUT2D eigenvalue weighted by atomic mass is 35.5. The predicted octanol–water partition coefficient (Wildman–Crippen LogP) is 2.61. The second-order valence-corrected chi connectivity index (χ2v) is 5.73. The maximum atomic E-state index is 12.1. The topological polar surface area (TPSA) is 117 Å². The van der Waals surface area contributed by atoms with Crippen LogP contribution < -0.4 is 14.8 Å². The van der Waals surface area contributed by atoms with Gasteiger partial charge < -0.3 is 19.5 Å². The lowest BCUT2D eigenvalue weighted by Crippen LogP contribution is -2.31. The van der Waals surface area contributed by atoms with E-state index in [9.17, 15) is 19.7 Å². The van der Waals surface area contributed by atoms with Gasteiger partial charge in [0.2, 0.25) is 0 Å². The predicted molar refractivity (Wildman–Crippen MR) is 99.9 cm³/mol. The first-order chi connectivity index (χ1) is 13.4. The van der Waals surface area contributed by atoms with E-state index in [0.29, 0.717) is 10.8 Å². The molecule has 2 aromatic carbocycles. The number of ether oxygens (including phenoxy) is 3. The molecular weight excluding hydrogens is 392 g/mol. The lowest BCUT2D eigenvalue weighted by Gasteiger charge is -2.09. The molecule has 2 aromatic rings. The Balaban J connectivity index is 1.78. The summed E-state index contributed by atoms with van der Waals surface area (Å²) in [7, 11) is 1.29. The fraction of sp³-hybridized carbons (Fsp3) is 0.222. The van der Waals surface area contributed by atoms with E-state index >= 15 is 0 Å². The molecule has 0 aliphatic rings.